The van der Waals surface area contributed by atoms with E-state index < -0.39 is 12.1 Å². The lowest BCUT2D eigenvalue weighted by atomic mass is 10.3. The SMILES string of the molecule is COCCNC(=O)[C@H](C)OC(=O)CCOc1ccccc1. The largest absolute Gasteiger partial charge is 0.493 e. The number of methoxy groups -OCH3 is 1. The van der Waals surface area contributed by atoms with Crippen LogP contribution in [0.1, 0.15) is 13.3 Å². The summed E-state index contributed by atoms with van der Waals surface area (Å²) in [5, 5.41) is 2.60. The molecule has 0 aliphatic carbocycles. The molecule has 0 saturated heterocycles. The summed E-state index contributed by atoms with van der Waals surface area (Å²) in [7, 11) is 1.54. The van der Waals surface area contributed by atoms with E-state index in [9.17, 15) is 9.59 Å². The van der Waals surface area contributed by atoms with Crippen LogP contribution < -0.4 is 10.1 Å². The first-order chi connectivity index (χ1) is 10.1. The Hall–Kier alpha value is -2.08. The van der Waals surface area contributed by atoms with Crippen molar-refractivity contribution >= 4 is 11.9 Å². The molecule has 0 aliphatic rings. The number of para-hydroxylation sites is 1. The molecule has 1 rings (SSSR count). The van der Waals surface area contributed by atoms with E-state index in [2.05, 4.69) is 5.32 Å². The summed E-state index contributed by atoms with van der Waals surface area (Å²) in [5.41, 5.74) is 0. The standard InChI is InChI=1S/C15H21NO5/c1-12(15(18)16-9-11-19-2)21-14(17)8-10-20-13-6-4-3-5-7-13/h3-7,12H,8-11H2,1-2H3,(H,16,18)/t12-/m0/s1. The van der Waals surface area contributed by atoms with E-state index in [-0.39, 0.29) is 18.9 Å². The Balaban J connectivity index is 2.19. The van der Waals surface area contributed by atoms with Crippen molar-refractivity contribution in [3.63, 3.8) is 0 Å². The van der Waals surface area contributed by atoms with Crippen LogP contribution in [0.3, 0.4) is 0 Å². The zero-order chi connectivity index (χ0) is 15.5. The van der Waals surface area contributed by atoms with Crippen molar-refractivity contribution in [1.82, 2.24) is 5.32 Å². The van der Waals surface area contributed by atoms with Crippen molar-refractivity contribution in [1.29, 1.82) is 0 Å². The molecule has 1 N–H and O–H groups in total. The van der Waals surface area contributed by atoms with Crippen LogP contribution in [0.5, 0.6) is 5.75 Å². The smallest absolute Gasteiger partial charge is 0.310 e. The van der Waals surface area contributed by atoms with Gasteiger partial charge in [0.25, 0.3) is 5.91 Å². The Morgan fingerprint density at radius 2 is 1.90 bits per heavy atom. The van der Waals surface area contributed by atoms with Crippen molar-refractivity contribution in [2.45, 2.75) is 19.4 Å². The Bertz CT molecular complexity index is 435. The summed E-state index contributed by atoms with van der Waals surface area (Å²) in [6.45, 7) is 2.53. The van der Waals surface area contributed by atoms with E-state index in [0.29, 0.717) is 18.9 Å². The van der Waals surface area contributed by atoms with Crippen LogP contribution in [0.4, 0.5) is 0 Å². The lowest BCUT2D eigenvalue weighted by molar-refractivity contribution is -0.155. The van der Waals surface area contributed by atoms with Crippen LogP contribution in [-0.2, 0) is 19.1 Å². The van der Waals surface area contributed by atoms with E-state index in [1.165, 1.54) is 6.92 Å². The van der Waals surface area contributed by atoms with Crippen LogP contribution >= 0.6 is 0 Å². The predicted octanol–water partition coefficient (Wildman–Crippen LogP) is 1.15. The predicted molar refractivity (Wildman–Crippen MR) is 77.0 cm³/mol. The lowest BCUT2D eigenvalue weighted by Gasteiger charge is -2.13. The van der Waals surface area contributed by atoms with Gasteiger partial charge in [-0.15, -0.1) is 0 Å². The Morgan fingerprint density at radius 1 is 1.19 bits per heavy atom. The third-order valence-electron chi connectivity index (χ3n) is 2.60. The summed E-state index contributed by atoms with van der Waals surface area (Å²) >= 11 is 0. The van der Waals surface area contributed by atoms with E-state index in [4.69, 9.17) is 14.2 Å². The highest BCUT2D eigenvalue weighted by atomic mass is 16.5. The van der Waals surface area contributed by atoms with Gasteiger partial charge in [0.1, 0.15) is 5.75 Å². The van der Waals surface area contributed by atoms with Crippen molar-refractivity contribution < 1.29 is 23.8 Å². The molecule has 0 heterocycles. The first-order valence-corrected chi connectivity index (χ1v) is 6.77. The summed E-state index contributed by atoms with van der Waals surface area (Å²) in [4.78, 5) is 23.1. The lowest BCUT2D eigenvalue weighted by Crippen LogP contribution is -2.37. The van der Waals surface area contributed by atoms with Crippen molar-refractivity contribution in [2.75, 3.05) is 26.9 Å². The van der Waals surface area contributed by atoms with Crippen molar-refractivity contribution in [2.24, 2.45) is 0 Å². The molecule has 0 radical (unpaired) electrons. The second-order valence-corrected chi connectivity index (χ2v) is 4.33. The molecule has 0 aliphatic heterocycles. The molecule has 0 bridgehead atoms. The molecule has 0 aromatic heterocycles. The molecule has 0 saturated carbocycles. The van der Waals surface area contributed by atoms with Gasteiger partial charge in [0.15, 0.2) is 6.10 Å². The van der Waals surface area contributed by atoms with Crippen molar-refractivity contribution in [3.8, 4) is 5.75 Å². The average Bonchev–Trinajstić information content (AvgIpc) is 2.48. The molecule has 0 unspecified atom stereocenters. The molecular weight excluding hydrogens is 274 g/mol. The second-order valence-electron chi connectivity index (χ2n) is 4.33. The van der Waals surface area contributed by atoms with E-state index in [1.54, 1.807) is 19.2 Å². The molecular formula is C15H21NO5. The highest BCUT2D eigenvalue weighted by Crippen LogP contribution is 2.08. The number of carbonyl (C=O) groups is 2. The van der Waals surface area contributed by atoms with Crippen molar-refractivity contribution in [3.05, 3.63) is 30.3 Å². The summed E-state index contributed by atoms with van der Waals surface area (Å²) in [5.74, 6) is -0.125. The van der Waals surface area contributed by atoms with Gasteiger partial charge in [-0.25, -0.2) is 0 Å². The number of benzene rings is 1. The quantitative estimate of drug-likeness (QED) is 0.546. The number of ether oxygens (including phenoxy) is 3. The average molecular weight is 295 g/mol. The number of rotatable bonds is 9. The Kier molecular flexibility index (Phi) is 7.89. The molecule has 0 fully saturated rings. The van der Waals surface area contributed by atoms with Crippen LogP contribution in [0, 0.1) is 0 Å². The number of nitrogens with one attached hydrogen (secondary N) is 1. The van der Waals surface area contributed by atoms with Crippen LogP contribution in [0.25, 0.3) is 0 Å². The maximum Gasteiger partial charge on any atom is 0.310 e. The van der Waals surface area contributed by atoms with Gasteiger partial charge in [-0.3, -0.25) is 9.59 Å². The normalized spacial score (nSPS) is 11.5. The minimum absolute atomic E-state index is 0.0879. The molecule has 21 heavy (non-hydrogen) atoms. The topological polar surface area (TPSA) is 73.9 Å². The monoisotopic (exact) mass is 295 g/mol. The van der Waals surface area contributed by atoms with Gasteiger partial charge >= 0.3 is 5.97 Å². The first-order valence-electron chi connectivity index (χ1n) is 6.77. The third-order valence-corrected chi connectivity index (χ3v) is 2.60. The fourth-order valence-electron chi connectivity index (χ4n) is 1.50. The minimum Gasteiger partial charge on any atom is -0.493 e. The Morgan fingerprint density at radius 3 is 2.57 bits per heavy atom. The van der Waals surface area contributed by atoms with Gasteiger partial charge < -0.3 is 19.5 Å². The first kappa shape index (κ1) is 17.0. The van der Waals surface area contributed by atoms with Gasteiger partial charge in [0, 0.05) is 13.7 Å². The zero-order valence-electron chi connectivity index (χ0n) is 12.3. The number of hydrogen-bond acceptors (Lipinski definition) is 5. The van der Waals surface area contributed by atoms with Gasteiger partial charge in [-0.2, -0.15) is 0 Å². The molecule has 1 aromatic carbocycles. The number of carbonyl (C=O) groups excluding carboxylic acids is 2. The maximum atomic E-state index is 11.6. The molecule has 6 nitrogen and oxygen atoms in total. The molecule has 1 atom stereocenters. The fraction of sp³-hybridized carbons (Fsp3) is 0.467. The number of amides is 1. The van der Waals surface area contributed by atoms with Gasteiger partial charge in [0.2, 0.25) is 0 Å². The molecule has 116 valence electrons. The summed E-state index contributed by atoms with van der Waals surface area (Å²) in [6, 6.07) is 9.18. The fourth-order valence-corrected chi connectivity index (χ4v) is 1.50. The Labute approximate surface area is 124 Å². The van der Waals surface area contributed by atoms with Crippen LogP contribution in [0.15, 0.2) is 30.3 Å². The van der Waals surface area contributed by atoms with E-state index in [1.807, 2.05) is 18.2 Å². The number of hydrogen-bond donors (Lipinski definition) is 1. The summed E-state index contributed by atoms with van der Waals surface area (Å²) < 4.78 is 15.2. The van der Waals surface area contributed by atoms with E-state index >= 15 is 0 Å². The van der Waals surface area contributed by atoms with Gasteiger partial charge in [-0.05, 0) is 19.1 Å². The molecule has 1 aromatic rings. The van der Waals surface area contributed by atoms with Crippen LogP contribution in [0.2, 0.25) is 0 Å². The molecule has 1 amide bonds. The van der Waals surface area contributed by atoms with Crippen LogP contribution in [-0.4, -0.2) is 44.8 Å². The van der Waals surface area contributed by atoms with E-state index in [0.717, 1.165) is 0 Å². The summed E-state index contributed by atoms with van der Waals surface area (Å²) in [6.07, 6.45) is -0.740. The second kappa shape index (κ2) is 9.77. The highest BCUT2D eigenvalue weighted by Gasteiger charge is 2.17. The molecule has 0 spiro atoms. The highest BCUT2D eigenvalue weighted by molar-refractivity contribution is 5.83. The number of esters is 1. The zero-order valence-corrected chi connectivity index (χ0v) is 12.3. The third kappa shape index (κ3) is 7.31. The minimum atomic E-state index is -0.828. The molecule has 6 heteroatoms. The maximum absolute atomic E-state index is 11.6. The van der Waals surface area contributed by atoms with Gasteiger partial charge in [-0.1, -0.05) is 18.2 Å². The van der Waals surface area contributed by atoms with Gasteiger partial charge in [0.05, 0.1) is 19.6 Å².